The number of carbonyl (C=O) groups excluding carboxylic acids is 1. The molecule has 3 rings (SSSR count). The molecule has 0 radical (unpaired) electrons. The van der Waals surface area contributed by atoms with Crippen LogP contribution >= 0.6 is 0 Å². The third-order valence-electron chi connectivity index (χ3n) is 5.13. The molecule has 1 saturated heterocycles. The Kier molecular flexibility index (Phi) is 5.65. The highest BCUT2D eigenvalue weighted by atomic mass is 16.1. The molecule has 0 aliphatic carbocycles. The Morgan fingerprint density at radius 3 is 2.17 bits per heavy atom. The maximum absolute atomic E-state index is 12.0. The lowest BCUT2D eigenvalue weighted by molar-refractivity contribution is -0.121. The molecule has 1 aliphatic rings. The van der Waals surface area contributed by atoms with Gasteiger partial charge in [0.15, 0.2) is 0 Å². The minimum absolute atomic E-state index is 0.150. The number of nitrogens with zero attached hydrogens (tertiary/aromatic N) is 1. The number of carbonyl (C=O) groups is 1. The summed E-state index contributed by atoms with van der Waals surface area (Å²) in [5.74, 6) is 0.0179. The van der Waals surface area contributed by atoms with Gasteiger partial charge in [0, 0.05) is 6.54 Å². The Morgan fingerprint density at radius 1 is 1.00 bits per heavy atom. The second-order valence-corrected chi connectivity index (χ2v) is 6.71. The molecule has 1 fully saturated rings. The van der Waals surface area contributed by atoms with Gasteiger partial charge >= 0.3 is 0 Å². The average Bonchev–Trinajstić information content (AvgIpc) is 2.63. The molecule has 2 aromatic rings. The van der Waals surface area contributed by atoms with E-state index >= 15 is 0 Å². The van der Waals surface area contributed by atoms with E-state index in [1.807, 2.05) is 30.3 Å². The van der Waals surface area contributed by atoms with Crippen molar-refractivity contribution in [2.75, 3.05) is 19.6 Å². The normalized spacial score (nSPS) is 17.5. The van der Waals surface area contributed by atoms with Crippen LogP contribution in [0.2, 0.25) is 0 Å². The van der Waals surface area contributed by atoms with E-state index in [0.29, 0.717) is 5.92 Å². The topological polar surface area (TPSA) is 46.3 Å². The van der Waals surface area contributed by atoms with Gasteiger partial charge in [-0.2, -0.15) is 0 Å². The molecule has 0 spiro atoms. The van der Waals surface area contributed by atoms with Crippen LogP contribution in [0.5, 0.6) is 0 Å². The first kappa shape index (κ1) is 16.7. The number of primary amides is 1. The third-order valence-corrected chi connectivity index (χ3v) is 5.13. The number of amides is 1. The van der Waals surface area contributed by atoms with Crippen molar-refractivity contribution in [2.45, 2.75) is 25.2 Å². The Morgan fingerprint density at radius 2 is 1.58 bits per heavy atom. The molecule has 2 N–H and O–H groups in total. The molecule has 1 amide bonds. The second kappa shape index (κ2) is 8.11. The zero-order valence-electron chi connectivity index (χ0n) is 14.1. The van der Waals surface area contributed by atoms with Gasteiger partial charge in [0.05, 0.1) is 5.92 Å². The Bertz CT molecular complexity index is 633. The molecule has 1 aliphatic heterocycles. The Hall–Kier alpha value is -2.13. The predicted octanol–water partition coefficient (Wildman–Crippen LogP) is 3.21. The maximum Gasteiger partial charge on any atom is 0.225 e. The molecule has 126 valence electrons. The number of hydrogen-bond donors (Lipinski definition) is 1. The fourth-order valence-electron chi connectivity index (χ4n) is 3.77. The lowest BCUT2D eigenvalue weighted by atomic mass is 9.79. The molecular weight excluding hydrogens is 296 g/mol. The highest BCUT2D eigenvalue weighted by molar-refractivity contribution is 5.82. The quantitative estimate of drug-likeness (QED) is 0.887. The molecule has 2 aromatic carbocycles. The average molecular weight is 322 g/mol. The molecular formula is C21H26N2O. The van der Waals surface area contributed by atoms with Crippen molar-refractivity contribution in [2.24, 2.45) is 11.7 Å². The smallest absolute Gasteiger partial charge is 0.225 e. The summed E-state index contributed by atoms with van der Waals surface area (Å²) in [6.45, 7) is 3.19. The standard InChI is InChI=1S/C21H26N2O/c22-21(24)20(18-9-5-2-6-10-18)19-12-15-23(16-13-19)14-11-17-7-3-1-4-8-17/h1-10,19-20H,11-16H2,(H2,22,24). The van der Waals surface area contributed by atoms with Gasteiger partial charge in [0.25, 0.3) is 0 Å². The summed E-state index contributed by atoms with van der Waals surface area (Å²) in [4.78, 5) is 14.5. The van der Waals surface area contributed by atoms with Crippen molar-refractivity contribution in [3.05, 3.63) is 71.8 Å². The fourth-order valence-corrected chi connectivity index (χ4v) is 3.77. The zero-order valence-corrected chi connectivity index (χ0v) is 14.1. The molecule has 0 aromatic heterocycles. The number of nitrogens with two attached hydrogens (primary N) is 1. The van der Waals surface area contributed by atoms with Crippen LogP contribution in [0.1, 0.15) is 29.9 Å². The summed E-state index contributed by atoms with van der Waals surface area (Å²) < 4.78 is 0. The van der Waals surface area contributed by atoms with Gasteiger partial charge < -0.3 is 10.6 Å². The zero-order chi connectivity index (χ0) is 16.8. The SMILES string of the molecule is NC(=O)C(c1ccccc1)C1CCN(CCc2ccccc2)CC1. The predicted molar refractivity (Wildman–Crippen MR) is 97.7 cm³/mol. The first-order valence-electron chi connectivity index (χ1n) is 8.84. The van der Waals surface area contributed by atoms with E-state index in [-0.39, 0.29) is 11.8 Å². The lowest BCUT2D eigenvalue weighted by Crippen LogP contribution is -2.39. The van der Waals surface area contributed by atoms with Gasteiger partial charge in [-0.15, -0.1) is 0 Å². The van der Waals surface area contributed by atoms with Gasteiger partial charge in [-0.1, -0.05) is 60.7 Å². The number of rotatable bonds is 6. The van der Waals surface area contributed by atoms with E-state index in [1.165, 1.54) is 5.56 Å². The van der Waals surface area contributed by atoms with E-state index in [9.17, 15) is 4.79 Å². The number of piperidine rings is 1. The van der Waals surface area contributed by atoms with E-state index in [2.05, 4.69) is 35.2 Å². The van der Waals surface area contributed by atoms with Crippen LogP contribution in [0, 0.1) is 5.92 Å². The molecule has 3 heteroatoms. The van der Waals surface area contributed by atoms with Crippen LogP contribution in [-0.4, -0.2) is 30.4 Å². The molecule has 24 heavy (non-hydrogen) atoms. The van der Waals surface area contributed by atoms with Gasteiger partial charge in [-0.05, 0) is 49.4 Å². The lowest BCUT2D eigenvalue weighted by Gasteiger charge is -2.35. The summed E-state index contributed by atoms with van der Waals surface area (Å²) in [5.41, 5.74) is 8.17. The largest absolute Gasteiger partial charge is 0.369 e. The molecule has 1 atom stereocenters. The van der Waals surface area contributed by atoms with Gasteiger partial charge in [0.1, 0.15) is 0 Å². The van der Waals surface area contributed by atoms with E-state index in [1.54, 1.807) is 0 Å². The fraction of sp³-hybridized carbons (Fsp3) is 0.381. The van der Waals surface area contributed by atoms with Crippen LogP contribution in [-0.2, 0) is 11.2 Å². The van der Waals surface area contributed by atoms with E-state index in [4.69, 9.17) is 5.73 Å². The van der Waals surface area contributed by atoms with Gasteiger partial charge in [0.2, 0.25) is 5.91 Å². The number of likely N-dealkylation sites (tertiary alicyclic amines) is 1. The molecule has 1 unspecified atom stereocenters. The first-order chi connectivity index (χ1) is 11.7. The van der Waals surface area contributed by atoms with Crippen molar-refractivity contribution >= 4 is 5.91 Å². The van der Waals surface area contributed by atoms with Crippen LogP contribution < -0.4 is 5.73 Å². The monoisotopic (exact) mass is 322 g/mol. The van der Waals surface area contributed by atoms with E-state index < -0.39 is 0 Å². The van der Waals surface area contributed by atoms with Crippen molar-refractivity contribution < 1.29 is 4.79 Å². The minimum atomic E-state index is -0.191. The summed E-state index contributed by atoms with van der Waals surface area (Å²) >= 11 is 0. The van der Waals surface area contributed by atoms with E-state index in [0.717, 1.165) is 44.5 Å². The summed E-state index contributed by atoms with van der Waals surface area (Å²) in [7, 11) is 0. The molecule has 3 nitrogen and oxygen atoms in total. The highest BCUT2D eigenvalue weighted by Crippen LogP contribution is 2.32. The minimum Gasteiger partial charge on any atom is -0.369 e. The summed E-state index contributed by atoms with van der Waals surface area (Å²) in [6, 6.07) is 20.6. The first-order valence-corrected chi connectivity index (χ1v) is 8.84. The summed E-state index contributed by atoms with van der Waals surface area (Å²) in [5, 5.41) is 0. The Balaban J connectivity index is 1.54. The van der Waals surface area contributed by atoms with Gasteiger partial charge in [-0.25, -0.2) is 0 Å². The molecule has 0 bridgehead atoms. The van der Waals surface area contributed by atoms with Crippen molar-refractivity contribution in [3.63, 3.8) is 0 Å². The van der Waals surface area contributed by atoms with Gasteiger partial charge in [-0.3, -0.25) is 4.79 Å². The van der Waals surface area contributed by atoms with Crippen LogP contribution in [0.15, 0.2) is 60.7 Å². The van der Waals surface area contributed by atoms with Crippen molar-refractivity contribution in [1.82, 2.24) is 4.90 Å². The summed E-state index contributed by atoms with van der Waals surface area (Å²) in [6.07, 6.45) is 3.16. The second-order valence-electron chi connectivity index (χ2n) is 6.71. The van der Waals surface area contributed by atoms with Crippen molar-refractivity contribution in [1.29, 1.82) is 0 Å². The maximum atomic E-state index is 12.0. The molecule has 1 heterocycles. The van der Waals surface area contributed by atoms with Crippen LogP contribution in [0.25, 0.3) is 0 Å². The van der Waals surface area contributed by atoms with Crippen LogP contribution in [0.3, 0.4) is 0 Å². The number of hydrogen-bond acceptors (Lipinski definition) is 2. The van der Waals surface area contributed by atoms with Crippen LogP contribution in [0.4, 0.5) is 0 Å². The highest BCUT2D eigenvalue weighted by Gasteiger charge is 2.31. The molecule has 0 saturated carbocycles. The third kappa shape index (κ3) is 4.24. The van der Waals surface area contributed by atoms with Crippen molar-refractivity contribution in [3.8, 4) is 0 Å². The number of benzene rings is 2. The Labute approximate surface area is 144 Å².